The molecule has 0 saturated carbocycles. The predicted octanol–water partition coefficient (Wildman–Crippen LogP) is 1.25. The van der Waals surface area contributed by atoms with E-state index in [0.717, 1.165) is 29.8 Å². The van der Waals surface area contributed by atoms with Gasteiger partial charge in [-0.25, -0.2) is 10.1 Å². The highest BCUT2D eigenvalue weighted by atomic mass is 16.2. The summed E-state index contributed by atoms with van der Waals surface area (Å²) in [4.78, 5) is 27.3. The number of benzene rings is 1. The number of aromatic amines is 1. The number of hydrogen-bond acceptors (Lipinski definition) is 4. The maximum absolute atomic E-state index is 11.9. The summed E-state index contributed by atoms with van der Waals surface area (Å²) in [5.74, 6) is 0.660. The van der Waals surface area contributed by atoms with E-state index in [4.69, 9.17) is 0 Å². The van der Waals surface area contributed by atoms with Crippen molar-refractivity contribution in [2.45, 2.75) is 19.9 Å². The Kier molecular flexibility index (Phi) is 4.18. The molecule has 3 rings (SSSR count). The number of hydrogen-bond donors (Lipinski definition) is 2. The second kappa shape index (κ2) is 6.43. The predicted molar refractivity (Wildman–Crippen MR) is 86.3 cm³/mol. The molecule has 1 aromatic carbocycles. The molecule has 0 fully saturated rings. The molecule has 0 aliphatic rings. The molecule has 7 heteroatoms. The molecular formula is C16H17N5O2. The van der Waals surface area contributed by atoms with Gasteiger partial charge >= 0.3 is 0 Å². The molecule has 2 N–H and O–H groups in total. The number of aryl methyl sites for hydroxylation is 2. The minimum atomic E-state index is -0.330. The van der Waals surface area contributed by atoms with Gasteiger partial charge < -0.3 is 9.88 Å². The van der Waals surface area contributed by atoms with E-state index in [9.17, 15) is 9.59 Å². The van der Waals surface area contributed by atoms with Gasteiger partial charge in [-0.1, -0.05) is 12.1 Å². The van der Waals surface area contributed by atoms with Crippen molar-refractivity contribution < 1.29 is 4.79 Å². The van der Waals surface area contributed by atoms with E-state index in [-0.39, 0.29) is 17.2 Å². The van der Waals surface area contributed by atoms with Gasteiger partial charge in [-0.3, -0.25) is 9.59 Å². The van der Waals surface area contributed by atoms with Crippen LogP contribution in [0.4, 0.5) is 0 Å². The number of H-pyrrole nitrogens is 1. The monoisotopic (exact) mass is 311 g/mol. The van der Waals surface area contributed by atoms with Gasteiger partial charge in [0.05, 0.1) is 11.0 Å². The number of nitrogens with one attached hydrogen (secondary N) is 2. The van der Waals surface area contributed by atoms with Crippen molar-refractivity contribution in [1.29, 1.82) is 0 Å². The summed E-state index contributed by atoms with van der Waals surface area (Å²) in [6, 6.07) is 10.7. The van der Waals surface area contributed by atoms with Crippen LogP contribution in [0.15, 0.2) is 41.2 Å². The van der Waals surface area contributed by atoms with Crippen LogP contribution in [0.5, 0.6) is 0 Å². The molecule has 0 spiro atoms. The first-order chi connectivity index (χ1) is 11.1. The van der Waals surface area contributed by atoms with Crippen molar-refractivity contribution in [3.8, 4) is 0 Å². The number of rotatable bonds is 5. The third-order valence-electron chi connectivity index (χ3n) is 3.60. The molecule has 7 nitrogen and oxygen atoms in total. The number of carbonyl (C=O) groups excluding carboxylic acids is 1. The molecule has 118 valence electrons. The summed E-state index contributed by atoms with van der Waals surface area (Å²) in [6.07, 6.45) is 0.774. The van der Waals surface area contributed by atoms with Crippen molar-refractivity contribution >= 4 is 16.9 Å². The van der Waals surface area contributed by atoms with E-state index in [1.165, 1.54) is 12.1 Å². The molecule has 0 aliphatic carbocycles. The quantitative estimate of drug-likeness (QED) is 0.694. The van der Waals surface area contributed by atoms with Crippen LogP contribution in [0, 0.1) is 6.92 Å². The van der Waals surface area contributed by atoms with E-state index in [2.05, 4.69) is 25.1 Å². The van der Waals surface area contributed by atoms with Crippen LogP contribution >= 0.6 is 0 Å². The highest BCUT2D eigenvalue weighted by Gasteiger charge is 2.08. The summed E-state index contributed by atoms with van der Waals surface area (Å²) in [5.41, 5.74) is 1.95. The molecular weight excluding hydrogens is 294 g/mol. The second-order valence-corrected chi connectivity index (χ2v) is 5.22. The van der Waals surface area contributed by atoms with Gasteiger partial charge in [0.25, 0.3) is 11.5 Å². The Morgan fingerprint density at radius 3 is 2.87 bits per heavy atom. The average Bonchev–Trinajstić information content (AvgIpc) is 2.87. The zero-order valence-corrected chi connectivity index (χ0v) is 12.7. The maximum Gasteiger partial charge on any atom is 0.271 e. The minimum absolute atomic E-state index is 0.203. The summed E-state index contributed by atoms with van der Waals surface area (Å²) in [5, 5.41) is 8.73. The van der Waals surface area contributed by atoms with Gasteiger partial charge in [0.15, 0.2) is 0 Å². The lowest BCUT2D eigenvalue weighted by atomic mass is 10.3. The molecule has 0 atom stereocenters. The summed E-state index contributed by atoms with van der Waals surface area (Å²) in [7, 11) is 0. The lowest BCUT2D eigenvalue weighted by molar-refractivity contribution is 0.0946. The van der Waals surface area contributed by atoms with Gasteiger partial charge in [0.1, 0.15) is 11.5 Å². The van der Waals surface area contributed by atoms with Crippen LogP contribution in [-0.4, -0.2) is 32.2 Å². The van der Waals surface area contributed by atoms with Crippen LogP contribution in [0.3, 0.4) is 0 Å². The summed E-state index contributed by atoms with van der Waals surface area (Å²) >= 11 is 0. The molecule has 0 radical (unpaired) electrons. The maximum atomic E-state index is 11.9. The molecule has 2 aromatic heterocycles. The van der Waals surface area contributed by atoms with Crippen molar-refractivity contribution in [3.63, 3.8) is 0 Å². The van der Waals surface area contributed by atoms with Crippen molar-refractivity contribution in [2.75, 3.05) is 6.54 Å². The van der Waals surface area contributed by atoms with E-state index in [0.29, 0.717) is 6.54 Å². The minimum Gasteiger partial charge on any atom is -0.351 e. The molecule has 3 aromatic rings. The summed E-state index contributed by atoms with van der Waals surface area (Å²) in [6.45, 7) is 3.26. The van der Waals surface area contributed by atoms with Crippen molar-refractivity contribution in [2.24, 2.45) is 0 Å². The second-order valence-electron chi connectivity index (χ2n) is 5.22. The van der Waals surface area contributed by atoms with Crippen LogP contribution in [0.25, 0.3) is 11.0 Å². The van der Waals surface area contributed by atoms with Gasteiger partial charge in [-0.15, -0.1) is 0 Å². The molecule has 0 bridgehead atoms. The Bertz CT molecular complexity index is 876. The molecule has 1 amide bonds. The molecule has 0 aliphatic heterocycles. The smallest absolute Gasteiger partial charge is 0.271 e. The Balaban J connectivity index is 1.57. The van der Waals surface area contributed by atoms with Gasteiger partial charge in [0.2, 0.25) is 0 Å². The average molecular weight is 311 g/mol. The van der Waals surface area contributed by atoms with E-state index in [1.54, 1.807) is 0 Å². The number of amides is 1. The van der Waals surface area contributed by atoms with Crippen LogP contribution < -0.4 is 10.9 Å². The Morgan fingerprint density at radius 1 is 1.26 bits per heavy atom. The standard InChI is InChI=1S/C16H17N5O2/c1-11-18-12-5-2-3-6-14(12)21(11)10-4-9-17-16(23)13-7-8-15(22)20-19-13/h2-3,5-8H,4,9-10H2,1H3,(H,17,23)(H,20,22). The lowest BCUT2D eigenvalue weighted by Gasteiger charge is -2.08. The first-order valence-corrected chi connectivity index (χ1v) is 7.41. The SMILES string of the molecule is Cc1nc2ccccc2n1CCCNC(=O)c1ccc(=O)[nH]n1. The van der Waals surface area contributed by atoms with Gasteiger partial charge in [-0.05, 0) is 31.5 Å². The van der Waals surface area contributed by atoms with Gasteiger partial charge in [0, 0.05) is 19.2 Å². The Hall–Kier alpha value is -2.96. The Labute approximate surface area is 132 Å². The van der Waals surface area contributed by atoms with E-state index >= 15 is 0 Å². The van der Waals surface area contributed by atoms with Gasteiger partial charge in [-0.2, -0.15) is 5.10 Å². The van der Waals surface area contributed by atoms with Crippen LogP contribution in [0.1, 0.15) is 22.7 Å². The molecule has 0 unspecified atom stereocenters. The Morgan fingerprint density at radius 2 is 2.09 bits per heavy atom. The molecule has 0 saturated heterocycles. The zero-order chi connectivity index (χ0) is 16.2. The first kappa shape index (κ1) is 15.0. The molecule has 2 heterocycles. The van der Waals surface area contributed by atoms with Crippen molar-refractivity contribution in [3.05, 3.63) is 58.3 Å². The van der Waals surface area contributed by atoms with E-state index < -0.39 is 0 Å². The zero-order valence-electron chi connectivity index (χ0n) is 12.7. The number of carbonyl (C=O) groups is 1. The summed E-state index contributed by atoms with van der Waals surface area (Å²) < 4.78 is 2.14. The lowest BCUT2D eigenvalue weighted by Crippen LogP contribution is -2.27. The fraction of sp³-hybridized carbons (Fsp3) is 0.250. The highest BCUT2D eigenvalue weighted by molar-refractivity contribution is 5.91. The number of para-hydroxylation sites is 2. The number of aromatic nitrogens is 4. The third-order valence-corrected chi connectivity index (χ3v) is 3.60. The number of nitrogens with zero attached hydrogens (tertiary/aromatic N) is 3. The molecule has 23 heavy (non-hydrogen) atoms. The van der Waals surface area contributed by atoms with E-state index in [1.807, 2.05) is 31.2 Å². The van der Waals surface area contributed by atoms with Crippen LogP contribution in [0.2, 0.25) is 0 Å². The largest absolute Gasteiger partial charge is 0.351 e. The first-order valence-electron chi connectivity index (χ1n) is 7.41. The number of imidazole rings is 1. The topological polar surface area (TPSA) is 92.7 Å². The fourth-order valence-electron chi connectivity index (χ4n) is 2.48. The number of fused-ring (bicyclic) bond motifs is 1. The highest BCUT2D eigenvalue weighted by Crippen LogP contribution is 2.15. The van der Waals surface area contributed by atoms with Crippen molar-refractivity contribution in [1.82, 2.24) is 25.1 Å². The third kappa shape index (κ3) is 3.28. The normalized spacial score (nSPS) is 10.8. The van der Waals surface area contributed by atoms with Crippen LogP contribution in [-0.2, 0) is 6.54 Å². The fourth-order valence-corrected chi connectivity index (χ4v) is 2.48.